The van der Waals surface area contributed by atoms with Crippen molar-refractivity contribution in [3.05, 3.63) is 0 Å². The summed E-state index contributed by atoms with van der Waals surface area (Å²) < 4.78 is 24.4. The number of amides is 1. The zero-order chi connectivity index (χ0) is 8.65. The van der Waals surface area contributed by atoms with E-state index in [9.17, 15) is 13.6 Å². The molecule has 64 valence electrons. The molecule has 0 bridgehead atoms. The van der Waals surface area contributed by atoms with E-state index in [1.807, 2.05) is 0 Å². The highest BCUT2D eigenvalue weighted by molar-refractivity contribution is 6.30. The molecule has 0 aromatic carbocycles. The van der Waals surface area contributed by atoms with Gasteiger partial charge in [-0.25, -0.2) is 8.78 Å². The number of rotatable bonds is 1. The van der Waals surface area contributed by atoms with Crippen LogP contribution in [0.15, 0.2) is 0 Å². The summed E-state index contributed by atoms with van der Waals surface area (Å²) in [7, 11) is 0. The van der Waals surface area contributed by atoms with Gasteiger partial charge in [0.1, 0.15) is 5.38 Å². The maximum absolute atomic E-state index is 12.2. The van der Waals surface area contributed by atoms with Gasteiger partial charge in [-0.2, -0.15) is 0 Å². The molecule has 1 atom stereocenters. The normalized spacial score (nSPS) is 24.2. The van der Waals surface area contributed by atoms with Crippen molar-refractivity contribution in [2.75, 3.05) is 13.1 Å². The molecular weight excluding hydrogens is 176 g/mol. The Hall–Kier alpha value is -0.380. The van der Waals surface area contributed by atoms with Gasteiger partial charge in [-0.15, -0.1) is 11.6 Å². The van der Waals surface area contributed by atoms with Crippen LogP contribution in [0.3, 0.4) is 0 Å². The molecule has 0 unspecified atom stereocenters. The second-order valence-corrected chi connectivity index (χ2v) is 3.32. The number of hydrogen-bond donors (Lipinski definition) is 0. The van der Waals surface area contributed by atoms with E-state index >= 15 is 0 Å². The van der Waals surface area contributed by atoms with Gasteiger partial charge >= 0.3 is 0 Å². The molecule has 1 saturated heterocycles. The number of carbonyl (C=O) groups is 1. The van der Waals surface area contributed by atoms with Gasteiger partial charge in [-0.3, -0.25) is 4.79 Å². The maximum Gasteiger partial charge on any atom is 0.282 e. The van der Waals surface area contributed by atoms with Crippen molar-refractivity contribution >= 4 is 17.5 Å². The molecule has 0 N–H and O–H groups in total. The minimum Gasteiger partial charge on any atom is -0.329 e. The van der Waals surface area contributed by atoms with Crippen LogP contribution >= 0.6 is 11.6 Å². The van der Waals surface area contributed by atoms with E-state index in [1.54, 1.807) is 0 Å². The predicted molar refractivity (Wildman–Crippen MR) is 36.8 cm³/mol. The van der Waals surface area contributed by atoms with Gasteiger partial charge in [0.25, 0.3) is 5.92 Å². The molecule has 1 rings (SSSR count). The first-order valence-electron chi connectivity index (χ1n) is 3.23. The third-order valence-corrected chi connectivity index (χ3v) is 1.68. The summed E-state index contributed by atoms with van der Waals surface area (Å²) in [4.78, 5) is 11.9. The molecule has 2 nitrogen and oxygen atoms in total. The van der Waals surface area contributed by atoms with Crippen LogP contribution in [-0.4, -0.2) is 35.2 Å². The smallest absolute Gasteiger partial charge is 0.282 e. The van der Waals surface area contributed by atoms with E-state index in [4.69, 9.17) is 11.6 Å². The minimum atomic E-state index is -2.69. The summed E-state index contributed by atoms with van der Waals surface area (Å²) in [5.74, 6) is -3.11. The van der Waals surface area contributed by atoms with E-state index in [-0.39, 0.29) is 0 Å². The fourth-order valence-electron chi connectivity index (χ4n) is 0.920. The van der Waals surface area contributed by atoms with Crippen LogP contribution in [0.1, 0.15) is 6.92 Å². The van der Waals surface area contributed by atoms with Gasteiger partial charge in [-0.1, -0.05) is 0 Å². The first kappa shape index (κ1) is 8.71. The summed E-state index contributed by atoms with van der Waals surface area (Å²) >= 11 is 5.39. The number of hydrogen-bond acceptors (Lipinski definition) is 1. The predicted octanol–water partition coefficient (Wildman–Crippen LogP) is 1.09. The van der Waals surface area contributed by atoms with Gasteiger partial charge in [0.2, 0.25) is 5.91 Å². The highest BCUT2D eigenvalue weighted by Crippen LogP contribution is 2.27. The molecule has 1 aliphatic heterocycles. The van der Waals surface area contributed by atoms with Crippen LogP contribution in [0, 0.1) is 0 Å². The molecule has 5 heteroatoms. The van der Waals surface area contributed by atoms with Crippen molar-refractivity contribution in [1.82, 2.24) is 4.90 Å². The van der Waals surface area contributed by atoms with Crippen molar-refractivity contribution < 1.29 is 13.6 Å². The Morgan fingerprint density at radius 2 is 2.09 bits per heavy atom. The lowest BCUT2D eigenvalue weighted by atomic mass is 10.1. The van der Waals surface area contributed by atoms with Crippen LogP contribution in [0.2, 0.25) is 0 Å². The second-order valence-electron chi connectivity index (χ2n) is 2.67. The molecular formula is C6H8ClF2NO. The van der Waals surface area contributed by atoms with Gasteiger partial charge in [0, 0.05) is 0 Å². The minimum absolute atomic E-state index is 0.419. The molecule has 0 radical (unpaired) electrons. The van der Waals surface area contributed by atoms with Crippen LogP contribution < -0.4 is 0 Å². The van der Waals surface area contributed by atoms with Crippen molar-refractivity contribution in [3.63, 3.8) is 0 Å². The molecule has 0 saturated carbocycles. The van der Waals surface area contributed by atoms with E-state index in [0.717, 1.165) is 4.90 Å². The highest BCUT2D eigenvalue weighted by atomic mass is 35.5. The largest absolute Gasteiger partial charge is 0.329 e. The van der Waals surface area contributed by atoms with Crippen molar-refractivity contribution in [1.29, 1.82) is 0 Å². The van der Waals surface area contributed by atoms with E-state index < -0.39 is 30.3 Å². The standard InChI is InChI=1S/C6H8ClF2NO/c1-4(7)5(11)10-2-6(8,9)3-10/h4H,2-3H2,1H3/t4-/m1/s1. The highest BCUT2D eigenvalue weighted by Gasteiger charge is 2.46. The lowest BCUT2D eigenvalue weighted by molar-refractivity contribution is -0.165. The van der Waals surface area contributed by atoms with Crippen LogP contribution in [0.25, 0.3) is 0 Å². The summed E-state index contributed by atoms with van der Waals surface area (Å²) in [6.07, 6.45) is 0. The number of nitrogens with zero attached hydrogens (tertiary/aromatic N) is 1. The van der Waals surface area contributed by atoms with Gasteiger partial charge in [0.15, 0.2) is 0 Å². The van der Waals surface area contributed by atoms with Crippen LogP contribution in [0.5, 0.6) is 0 Å². The zero-order valence-electron chi connectivity index (χ0n) is 5.98. The topological polar surface area (TPSA) is 20.3 Å². The molecule has 1 aliphatic rings. The Bertz CT molecular complexity index is 175. The lowest BCUT2D eigenvalue weighted by Crippen LogP contribution is -2.59. The Morgan fingerprint density at radius 1 is 1.64 bits per heavy atom. The molecule has 1 amide bonds. The number of carbonyl (C=O) groups excluding carboxylic acids is 1. The first-order valence-corrected chi connectivity index (χ1v) is 3.67. The summed E-state index contributed by atoms with van der Waals surface area (Å²) in [6.45, 7) is 0.506. The first-order chi connectivity index (χ1) is 4.92. The number of likely N-dealkylation sites (tertiary alicyclic amines) is 1. The molecule has 0 aliphatic carbocycles. The van der Waals surface area contributed by atoms with Gasteiger partial charge in [-0.05, 0) is 6.92 Å². The monoisotopic (exact) mass is 183 g/mol. The second kappa shape index (κ2) is 2.59. The molecule has 0 aromatic heterocycles. The molecule has 11 heavy (non-hydrogen) atoms. The molecule has 1 fully saturated rings. The quantitative estimate of drug-likeness (QED) is 0.558. The Morgan fingerprint density at radius 3 is 2.36 bits per heavy atom. The van der Waals surface area contributed by atoms with E-state index in [1.165, 1.54) is 6.92 Å². The SMILES string of the molecule is C[C@@H](Cl)C(=O)N1CC(F)(F)C1. The van der Waals surface area contributed by atoms with Crippen molar-refractivity contribution in [3.8, 4) is 0 Å². The molecule has 0 spiro atoms. The van der Waals surface area contributed by atoms with E-state index in [0.29, 0.717) is 0 Å². The fraction of sp³-hybridized carbons (Fsp3) is 0.833. The Kier molecular flexibility index (Phi) is 2.05. The van der Waals surface area contributed by atoms with Crippen LogP contribution in [0.4, 0.5) is 8.78 Å². The Labute approximate surface area is 68.1 Å². The molecule has 0 aromatic rings. The molecule has 1 heterocycles. The van der Waals surface area contributed by atoms with Crippen LogP contribution in [-0.2, 0) is 4.79 Å². The van der Waals surface area contributed by atoms with Crippen molar-refractivity contribution in [2.45, 2.75) is 18.2 Å². The lowest BCUT2D eigenvalue weighted by Gasteiger charge is -2.39. The van der Waals surface area contributed by atoms with E-state index in [2.05, 4.69) is 0 Å². The number of alkyl halides is 3. The average Bonchev–Trinajstić information content (AvgIpc) is 1.80. The van der Waals surface area contributed by atoms with Crippen molar-refractivity contribution in [2.24, 2.45) is 0 Å². The van der Waals surface area contributed by atoms with Gasteiger partial charge in [0.05, 0.1) is 13.1 Å². The Balaban J connectivity index is 2.38. The third kappa shape index (κ3) is 1.80. The summed E-state index contributed by atoms with van der Waals surface area (Å²) in [6, 6.07) is 0. The average molecular weight is 184 g/mol. The van der Waals surface area contributed by atoms with Gasteiger partial charge < -0.3 is 4.90 Å². The number of halogens is 3. The maximum atomic E-state index is 12.2. The summed E-state index contributed by atoms with van der Waals surface area (Å²) in [5, 5.41) is -0.703. The third-order valence-electron chi connectivity index (χ3n) is 1.50. The zero-order valence-corrected chi connectivity index (χ0v) is 6.74. The summed E-state index contributed by atoms with van der Waals surface area (Å²) in [5.41, 5.74) is 0. The fourth-order valence-corrected chi connectivity index (χ4v) is 1.06.